The number of sulfone groups is 1. The molecule has 4 nitrogen and oxygen atoms in total. The number of rotatable bonds is 6. The van der Waals surface area contributed by atoms with Gasteiger partial charge in [0.15, 0.2) is 9.84 Å². The lowest BCUT2D eigenvalue weighted by molar-refractivity contribution is 0.178. The number of nitrogens with two attached hydrogens (primary N) is 1. The van der Waals surface area contributed by atoms with Crippen molar-refractivity contribution in [3.8, 4) is 5.75 Å². The smallest absolute Gasteiger partial charge is 0.175 e. The number of halogens is 1. The van der Waals surface area contributed by atoms with Crippen LogP contribution in [0.25, 0.3) is 0 Å². The lowest BCUT2D eigenvalue weighted by atomic mass is 10.1. The fraction of sp³-hybridized carbons (Fsp3) is 0.538. The second-order valence-corrected chi connectivity index (χ2v) is 6.77. The third kappa shape index (κ3) is 5.16. The van der Waals surface area contributed by atoms with Crippen molar-refractivity contribution in [1.29, 1.82) is 0 Å². The summed E-state index contributed by atoms with van der Waals surface area (Å²) < 4.78 is 41.9. The van der Waals surface area contributed by atoms with Crippen LogP contribution in [0.5, 0.6) is 5.75 Å². The van der Waals surface area contributed by atoms with Gasteiger partial charge in [-0.1, -0.05) is 6.92 Å². The molecule has 2 atom stereocenters. The molecule has 0 bridgehead atoms. The molecule has 2 unspecified atom stereocenters. The van der Waals surface area contributed by atoms with Crippen molar-refractivity contribution in [2.75, 3.05) is 6.26 Å². The maximum atomic E-state index is 13.4. The number of benzene rings is 1. The Morgan fingerprint density at radius 3 is 2.47 bits per heavy atom. The van der Waals surface area contributed by atoms with Crippen LogP contribution in [0.4, 0.5) is 4.39 Å². The Bertz CT molecular complexity index is 529. The highest BCUT2D eigenvalue weighted by Crippen LogP contribution is 2.22. The highest BCUT2D eigenvalue weighted by Gasteiger charge is 2.15. The molecule has 108 valence electrons. The molecule has 0 aliphatic rings. The van der Waals surface area contributed by atoms with Gasteiger partial charge in [-0.15, -0.1) is 0 Å². The Morgan fingerprint density at radius 1 is 1.37 bits per heavy atom. The third-order valence-corrected chi connectivity index (χ3v) is 3.76. The van der Waals surface area contributed by atoms with E-state index in [1.807, 2.05) is 13.8 Å². The van der Waals surface area contributed by atoms with Gasteiger partial charge in [0.05, 0.1) is 11.0 Å². The lowest BCUT2D eigenvalue weighted by Gasteiger charge is -2.19. The van der Waals surface area contributed by atoms with Gasteiger partial charge in [0.1, 0.15) is 11.6 Å². The van der Waals surface area contributed by atoms with Gasteiger partial charge >= 0.3 is 0 Å². The lowest BCUT2D eigenvalue weighted by Crippen LogP contribution is -2.26. The van der Waals surface area contributed by atoms with Crippen molar-refractivity contribution in [3.63, 3.8) is 0 Å². The van der Waals surface area contributed by atoms with Gasteiger partial charge in [0.2, 0.25) is 0 Å². The molecule has 0 spiro atoms. The molecule has 0 saturated carbocycles. The molecule has 6 heteroatoms. The van der Waals surface area contributed by atoms with Crippen LogP contribution >= 0.6 is 0 Å². The summed E-state index contributed by atoms with van der Waals surface area (Å²) in [4.78, 5) is -0.0850. The molecule has 19 heavy (non-hydrogen) atoms. The Morgan fingerprint density at radius 2 is 2.00 bits per heavy atom. The Kier molecular flexibility index (Phi) is 5.31. The van der Waals surface area contributed by atoms with Gasteiger partial charge < -0.3 is 10.5 Å². The summed E-state index contributed by atoms with van der Waals surface area (Å²) in [6.45, 7) is 3.79. The zero-order valence-electron chi connectivity index (χ0n) is 11.4. The summed E-state index contributed by atoms with van der Waals surface area (Å²) in [5.74, 6) is -0.415. The number of ether oxygens (including phenoxy) is 1. The fourth-order valence-electron chi connectivity index (χ4n) is 1.72. The largest absolute Gasteiger partial charge is 0.490 e. The van der Waals surface area contributed by atoms with Crippen LogP contribution in [-0.4, -0.2) is 26.8 Å². The first-order valence-corrected chi connectivity index (χ1v) is 8.04. The highest BCUT2D eigenvalue weighted by atomic mass is 32.2. The van der Waals surface area contributed by atoms with E-state index in [2.05, 4.69) is 0 Å². The van der Waals surface area contributed by atoms with Crippen molar-refractivity contribution in [1.82, 2.24) is 0 Å². The monoisotopic (exact) mass is 289 g/mol. The Hall–Kier alpha value is -1.14. The molecule has 0 aliphatic heterocycles. The first kappa shape index (κ1) is 15.9. The number of hydrogen-bond donors (Lipinski definition) is 1. The second-order valence-electron chi connectivity index (χ2n) is 4.76. The van der Waals surface area contributed by atoms with Crippen LogP contribution in [0.3, 0.4) is 0 Å². The van der Waals surface area contributed by atoms with Gasteiger partial charge in [0.25, 0.3) is 0 Å². The minimum Gasteiger partial charge on any atom is -0.490 e. The van der Waals surface area contributed by atoms with Crippen LogP contribution in [0.1, 0.15) is 26.7 Å². The van der Waals surface area contributed by atoms with E-state index in [1.54, 1.807) is 0 Å². The van der Waals surface area contributed by atoms with E-state index in [0.717, 1.165) is 12.3 Å². The second kappa shape index (κ2) is 6.34. The van der Waals surface area contributed by atoms with E-state index < -0.39 is 15.7 Å². The van der Waals surface area contributed by atoms with E-state index in [-0.39, 0.29) is 22.8 Å². The predicted octanol–water partition coefficient (Wildman–Crippen LogP) is 2.12. The fourth-order valence-corrected chi connectivity index (χ4v) is 2.38. The molecule has 1 rings (SSSR count). The Balaban J connectivity index is 2.98. The molecule has 1 aromatic carbocycles. The van der Waals surface area contributed by atoms with E-state index in [1.165, 1.54) is 12.1 Å². The first-order valence-electron chi connectivity index (χ1n) is 6.15. The maximum absolute atomic E-state index is 13.4. The summed E-state index contributed by atoms with van der Waals surface area (Å²) in [7, 11) is -3.46. The van der Waals surface area contributed by atoms with Crippen molar-refractivity contribution in [2.45, 2.75) is 43.7 Å². The molecule has 1 aromatic rings. The zero-order chi connectivity index (χ0) is 14.6. The van der Waals surface area contributed by atoms with E-state index in [9.17, 15) is 12.8 Å². The summed E-state index contributed by atoms with van der Waals surface area (Å²) in [6, 6.07) is 3.46. The molecule has 2 N–H and O–H groups in total. The van der Waals surface area contributed by atoms with Gasteiger partial charge in [-0.25, -0.2) is 12.8 Å². The van der Waals surface area contributed by atoms with Crippen molar-refractivity contribution >= 4 is 9.84 Å². The Labute approximate surface area is 113 Å². The molecule has 0 aliphatic carbocycles. The van der Waals surface area contributed by atoms with Crippen LogP contribution in [0.2, 0.25) is 0 Å². The van der Waals surface area contributed by atoms with Crippen molar-refractivity contribution in [2.24, 2.45) is 5.73 Å². The van der Waals surface area contributed by atoms with Crippen LogP contribution in [0.15, 0.2) is 23.1 Å². The van der Waals surface area contributed by atoms with E-state index in [0.29, 0.717) is 12.8 Å². The highest BCUT2D eigenvalue weighted by molar-refractivity contribution is 7.90. The van der Waals surface area contributed by atoms with Crippen molar-refractivity contribution in [3.05, 3.63) is 24.0 Å². The summed E-state index contributed by atoms with van der Waals surface area (Å²) >= 11 is 0. The molecule has 0 saturated heterocycles. The first-order chi connectivity index (χ1) is 8.72. The minimum atomic E-state index is -3.46. The van der Waals surface area contributed by atoms with Crippen molar-refractivity contribution < 1.29 is 17.5 Å². The minimum absolute atomic E-state index is 0.0344. The topological polar surface area (TPSA) is 69.4 Å². The normalized spacial score (nSPS) is 15.0. The van der Waals surface area contributed by atoms with E-state index >= 15 is 0 Å². The molecule has 0 aromatic heterocycles. The average Bonchev–Trinajstić information content (AvgIpc) is 2.25. The van der Waals surface area contributed by atoms with E-state index in [4.69, 9.17) is 10.5 Å². The summed E-state index contributed by atoms with van der Waals surface area (Å²) in [6.07, 6.45) is 2.22. The predicted molar refractivity (Wildman–Crippen MR) is 72.5 cm³/mol. The van der Waals surface area contributed by atoms with Crippen LogP contribution in [0, 0.1) is 5.82 Å². The molecule has 0 fully saturated rings. The third-order valence-electron chi connectivity index (χ3n) is 2.67. The zero-order valence-corrected chi connectivity index (χ0v) is 12.2. The van der Waals surface area contributed by atoms with Crippen LogP contribution < -0.4 is 10.5 Å². The molecular weight excluding hydrogens is 269 g/mol. The maximum Gasteiger partial charge on any atom is 0.175 e. The quantitative estimate of drug-likeness (QED) is 0.871. The molecule has 0 radical (unpaired) electrons. The van der Waals surface area contributed by atoms with Gasteiger partial charge in [0, 0.05) is 18.4 Å². The number of hydrogen-bond acceptors (Lipinski definition) is 4. The average molecular weight is 289 g/mol. The SMILES string of the molecule is CCC(CC(C)N)Oc1cc(F)cc(S(C)(=O)=O)c1. The van der Waals surface area contributed by atoms with Crippen LogP contribution in [-0.2, 0) is 9.84 Å². The summed E-state index contributed by atoms with van der Waals surface area (Å²) in [5, 5.41) is 0. The van der Waals surface area contributed by atoms with Gasteiger partial charge in [-0.05, 0) is 31.9 Å². The standard InChI is InChI=1S/C13H20FNO3S/c1-4-11(5-9(2)15)18-12-6-10(14)7-13(8-12)19(3,16)17/h6-9,11H,4-5,15H2,1-3H3. The molecule has 0 amide bonds. The summed E-state index contributed by atoms with van der Waals surface area (Å²) in [5.41, 5.74) is 5.70. The van der Waals surface area contributed by atoms with Gasteiger partial charge in [-0.3, -0.25) is 0 Å². The molecule has 0 heterocycles. The van der Waals surface area contributed by atoms with Gasteiger partial charge in [-0.2, -0.15) is 0 Å². The molecular formula is C13H20FNO3S.